The molecule has 2 rings (SSSR count). The molecule has 0 saturated carbocycles. The Kier molecular flexibility index (Phi) is 5.54. The predicted octanol–water partition coefficient (Wildman–Crippen LogP) is -2.25. The lowest BCUT2D eigenvalue weighted by molar-refractivity contribution is -0.671. The number of ether oxygens (including phenoxy) is 1. The monoisotopic (exact) mass is 297 g/mol. The second-order valence-electron chi connectivity index (χ2n) is 4.16. The lowest BCUT2D eigenvalue weighted by atomic mass is 10.3. The van der Waals surface area contributed by atoms with Gasteiger partial charge in [0.2, 0.25) is 6.33 Å². The first-order valence-electron chi connectivity index (χ1n) is 5.77. The maximum atomic E-state index is 11.9. The van der Waals surface area contributed by atoms with E-state index in [4.69, 9.17) is 4.74 Å². The number of carbonyl (C=O) groups excluding carboxylic acids is 1. The van der Waals surface area contributed by atoms with Crippen molar-refractivity contribution in [3.63, 3.8) is 0 Å². The van der Waals surface area contributed by atoms with Gasteiger partial charge in [0.25, 0.3) is 5.91 Å². The highest BCUT2D eigenvalue weighted by molar-refractivity contribution is 5.90. The summed E-state index contributed by atoms with van der Waals surface area (Å²) in [5, 5.41) is 10.5. The van der Waals surface area contributed by atoms with E-state index in [1.807, 2.05) is 17.8 Å². The van der Waals surface area contributed by atoms with Crippen LogP contribution in [0.1, 0.15) is 0 Å². The van der Waals surface area contributed by atoms with E-state index in [0.717, 1.165) is 0 Å². The van der Waals surface area contributed by atoms with E-state index in [1.165, 1.54) is 7.11 Å². The van der Waals surface area contributed by atoms with Crippen molar-refractivity contribution >= 4 is 11.6 Å². The van der Waals surface area contributed by atoms with Gasteiger partial charge in [-0.15, -0.1) is 0 Å². The summed E-state index contributed by atoms with van der Waals surface area (Å²) in [6.45, 7) is 0.0640. The summed E-state index contributed by atoms with van der Waals surface area (Å²) in [6.07, 6.45) is 5.34. The van der Waals surface area contributed by atoms with E-state index in [-0.39, 0.29) is 19.0 Å². The smallest absolute Gasteiger partial charge is 0.292 e. The van der Waals surface area contributed by atoms with Crippen molar-refractivity contribution in [1.82, 2.24) is 4.57 Å². The second kappa shape index (κ2) is 6.93. The van der Waals surface area contributed by atoms with E-state index >= 15 is 0 Å². The lowest BCUT2D eigenvalue weighted by Gasteiger charge is -2.14. The first-order chi connectivity index (χ1) is 9.10. The maximum absolute atomic E-state index is 11.9. The molecule has 1 amide bonds. The van der Waals surface area contributed by atoms with E-state index in [2.05, 4.69) is 0 Å². The summed E-state index contributed by atoms with van der Waals surface area (Å²) < 4.78 is 8.55. The summed E-state index contributed by atoms with van der Waals surface area (Å²) in [6, 6.07) is 6.68. The number of amides is 1. The van der Waals surface area contributed by atoms with Gasteiger partial charge in [0.1, 0.15) is 18.1 Å². The van der Waals surface area contributed by atoms with Crippen LogP contribution < -0.4 is 26.8 Å². The van der Waals surface area contributed by atoms with Crippen molar-refractivity contribution < 1.29 is 31.7 Å². The molecule has 0 spiro atoms. The van der Waals surface area contributed by atoms with Crippen LogP contribution >= 0.6 is 0 Å². The van der Waals surface area contributed by atoms with Gasteiger partial charge in [0.05, 0.1) is 19.8 Å². The van der Waals surface area contributed by atoms with Crippen molar-refractivity contribution in [2.45, 2.75) is 6.54 Å². The van der Waals surface area contributed by atoms with Gasteiger partial charge in [0, 0.05) is 6.07 Å². The number of aromatic nitrogens is 2. The van der Waals surface area contributed by atoms with Gasteiger partial charge in [-0.1, -0.05) is 6.07 Å². The average molecular weight is 298 g/mol. The van der Waals surface area contributed by atoms with Gasteiger partial charge in [-0.25, -0.2) is 9.13 Å². The lowest BCUT2D eigenvalue weighted by Crippen LogP contribution is -3.00. The summed E-state index contributed by atoms with van der Waals surface area (Å²) in [4.78, 5) is 11.9. The number of hydrogen-bond donors (Lipinski definition) is 1. The summed E-state index contributed by atoms with van der Waals surface area (Å²) >= 11 is 0. The van der Waals surface area contributed by atoms with Crippen LogP contribution in [-0.4, -0.2) is 22.8 Å². The highest BCUT2D eigenvalue weighted by atomic mass is 35.5. The molecule has 1 aromatic heterocycles. The van der Waals surface area contributed by atoms with Crippen molar-refractivity contribution in [3.8, 4) is 5.75 Å². The predicted molar refractivity (Wildman–Crippen MR) is 67.9 cm³/mol. The third kappa shape index (κ3) is 3.72. The number of imidazole rings is 1. The third-order valence-electron chi connectivity index (χ3n) is 2.68. The summed E-state index contributed by atoms with van der Waals surface area (Å²) in [7, 11) is 3.39. The normalized spacial score (nSPS) is 9.75. The largest absolute Gasteiger partial charge is 1.00 e. The van der Waals surface area contributed by atoms with Crippen LogP contribution in [0.25, 0.3) is 0 Å². The van der Waals surface area contributed by atoms with Crippen LogP contribution in [0.15, 0.2) is 43.0 Å². The summed E-state index contributed by atoms with van der Waals surface area (Å²) in [5.74, 6) is 0.154. The van der Waals surface area contributed by atoms with Gasteiger partial charge in [-0.2, -0.15) is 5.06 Å². The van der Waals surface area contributed by atoms with Crippen molar-refractivity contribution in [2.24, 2.45) is 7.05 Å². The Hall–Kier alpha value is -2.05. The van der Waals surface area contributed by atoms with E-state index in [1.54, 1.807) is 41.4 Å². The number of rotatable bonds is 4. The molecule has 0 radical (unpaired) electrons. The fourth-order valence-electron chi connectivity index (χ4n) is 1.70. The number of benzene rings is 1. The van der Waals surface area contributed by atoms with Crippen molar-refractivity contribution in [1.29, 1.82) is 0 Å². The number of hydrogen-bond acceptors (Lipinski definition) is 3. The van der Waals surface area contributed by atoms with Crippen LogP contribution in [-0.2, 0) is 18.4 Å². The Morgan fingerprint density at radius 3 is 2.85 bits per heavy atom. The molecule has 0 fully saturated rings. The van der Waals surface area contributed by atoms with Gasteiger partial charge < -0.3 is 17.1 Å². The molecule has 7 heteroatoms. The fraction of sp³-hybridized carbons (Fsp3) is 0.231. The van der Waals surface area contributed by atoms with E-state index < -0.39 is 5.91 Å². The molecule has 108 valence electrons. The Labute approximate surface area is 123 Å². The molecule has 0 atom stereocenters. The zero-order chi connectivity index (χ0) is 13.8. The Bertz CT molecular complexity index is 586. The third-order valence-corrected chi connectivity index (χ3v) is 2.68. The van der Waals surface area contributed by atoms with Crippen LogP contribution in [0.5, 0.6) is 5.75 Å². The van der Waals surface area contributed by atoms with Gasteiger partial charge >= 0.3 is 0 Å². The number of hydroxylamine groups is 1. The minimum absolute atomic E-state index is 0. The van der Waals surface area contributed by atoms with Crippen LogP contribution in [0.2, 0.25) is 0 Å². The molecule has 1 aromatic carbocycles. The van der Waals surface area contributed by atoms with Gasteiger partial charge in [0.15, 0.2) is 6.54 Å². The first-order valence-corrected chi connectivity index (χ1v) is 5.77. The average Bonchev–Trinajstić information content (AvgIpc) is 2.83. The van der Waals surface area contributed by atoms with E-state index in [0.29, 0.717) is 16.5 Å². The minimum atomic E-state index is -0.426. The molecule has 6 nitrogen and oxygen atoms in total. The van der Waals surface area contributed by atoms with E-state index in [9.17, 15) is 10.0 Å². The second-order valence-corrected chi connectivity index (χ2v) is 4.16. The van der Waals surface area contributed by atoms with Crippen LogP contribution in [0, 0.1) is 0 Å². The Morgan fingerprint density at radius 1 is 1.50 bits per heavy atom. The maximum Gasteiger partial charge on any atom is 0.292 e. The summed E-state index contributed by atoms with van der Waals surface area (Å²) in [5.41, 5.74) is 0.376. The van der Waals surface area contributed by atoms with Gasteiger partial charge in [-0.3, -0.25) is 10.0 Å². The standard InChI is InChI=1S/C13H16N3O3.ClH/c1-14-6-7-15(10-14)9-13(17)16(18)11-4-3-5-12(8-11)19-2;/h3-8,10,18H,9H2,1-2H3;1H/q+1;/p-1. The molecule has 0 aliphatic rings. The van der Waals surface area contributed by atoms with Gasteiger partial charge in [-0.05, 0) is 12.1 Å². The number of halogens is 1. The highest BCUT2D eigenvalue weighted by Crippen LogP contribution is 2.19. The molecule has 0 unspecified atom stereocenters. The molecule has 0 bridgehead atoms. The molecule has 2 aromatic rings. The number of aryl methyl sites for hydroxylation is 1. The molecule has 1 N–H and O–H groups in total. The molecular formula is C13H16ClN3O3. The number of anilines is 1. The zero-order valence-electron chi connectivity index (χ0n) is 11.2. The van der Waals surface area contributed by atoms with Crippen molar-refractivity contribution in [2.75, 3.05) is 12.2 Å². The number of nitrogens with zero attached hydrogens (tertiary/aromatic N) is 3. The highest BCUT2D eigenvalue weighted by Gasteiger charge is 2.17. The quantitative estimate of drug-likeness (QED) is 0.394. The molecule has 20 heavy (non-hydrogen) atoms. The molecular weight excluding hydrogens is 282 g/mol. The molecule has 0 aliphatic carbocycles. The minimum Gasteiger partial charge on any atom is -1.00 e. The Morgan fingerprint density at radius 2 is 2.25 bits per heavy atom. The molecule has 1 heterocycles. The van der Waals surface area contributed by atoms with Crippen LogP contribution in [0.3, 0.4) is 0 Å². The number of carbonyl (C=O) groups is 1. The fourth-order valence-corrected chi connectivity index (χ4v) is 1.70. The molecule has 0 saturated heterocycles. The first kappa shape index (κ1) is 16.0. The molecule has 0 aliphatic heterocycles. The van der Waals surface area contributed by atoms with Crippen molar-refractivity contribution in [3.05, 3.63) is 43.0 Å². The number of methoxy groups -OCH3 is 1. The SMILES string of the molecule is COc1cccc(N(O)C(=O)Cn2cc[n+](C)c2)c1.[Cl-]. The zero-order valence-corrected chi connectivity index (χ0v) is 12.0. The van der Waals surface area contributed by atoms with Crippen LogP contribution in [0.4, 0.5) is 5.69 Å². The topological polar surface area (TPSA) is 58.6 Å². The Balaban J connectivity index is 0.00000200.